The van der Waals surface area contributed by atoms with Crippen LogP contribution in [0.5, 0.6) is 5.75 Å². The highest BCUT2D eigenvalue weighted by Gasteiger charge is 2.36. The van der Waals surface area contributed by atoms with Crippen LogP contribution in [-0.2, 0) is 6.54 Å². The first-order chi connectivity index (χ1) is 9.67. The number of piperidine rings is 2. The van der Waals surface area contributed by atoms with Gasteiger partial charge < -0.3 is 10.4 Å². The van der Waals surface area contributed by atoms with Gasteiger partial charge in [-0.05, 0) is 57.2 Å². The average molecular weight is 274 g/mol. The van der Waals surface area contributed by atoms with Gasteiger partial charge in [0.2, 0.25) is 0 Å². The minimum Gasteiger partial charge on any atom is -0.508 e. The molecule has 110 valence electrons. The molecule has 0 aliphatic carbocycles. The molecule has 1 spiro atoms. The normalized spacial score (nSPS) is 27.9. The number of aryl methyl sites for hydroxylation is 1. The maximum absolute atomic E-state index is 10.0. The fraction of sp³-hybridized carbons (Fsp3) is 0.647. The number of rotatable bonds is 2. The summed E-state index contributed by atoms with van der Waals surface area (Å²) in [4.78, 5) is 2.53. The molecule has 3 heteroatoms. The number of phenolic OH excluding ortho intramolecular Hbond substituents is 1. The Morgan fingerprint density at radius 2 is 2.15 bits per heavy atom. The first-order valence-electron chi connectivity index (χ1n) is 7.89. The van der Waals surface area contributed by atoms with Crippen molar-refractivity contribution in [3.8, 4) is 5.75 Å². The Morgan fingerprint density at radius 3 is 2.95 bits per heavy atom. The molecule has 2 aliphatic rings. The summed E-state index contributed by atoms with van der Waals surface area (Å²) in [5.74, 6) is 0.442. The minimum atomic E-state index is 0.442. The molecular weight excluding hydrogens is 248 g/mol. The van der Waals surface area contributed by atoms with E-state index in [-0.39, 0.29) is 0 Å². The molecule has 0 radical (unpaired) electrons. The topological polar surface area (TPSA) is 35.5 Å². The molecule has 0 bridgehead atoms. The van der Waals surface area contributed by atoms with Crippen molar-refractivity contribution in [1.82, 2.24) is 10.2 Å². The summed E-state index contributed by atoms with van der Waals surface area (Å²) in [7, 11) is 0. The molecule has 2 heterocycles. The second-order valence-corrected chi connectivity index (χ2v) is 6.73. The Balaban J connectivity index is 1.69. The zero-order valence-electron chi connectivity index (χ0n) is 12.5. The SMILES string of the molecule is Cc1ccc(O)c(CN2CCCC3(CCCNC3)C2)c1. The van der Waals surface area contributed by atoms with E-state index in [1.165, 1.54) is 50.9 Å². The van der Waals surface area contributed by atoms with E-state index in [1.807, 2.05) is 12.1 Å². The second kappa shape index (κ2) is 5.74. The standard InChI is InChI=1S/C17H26N2O/c1-14-4-5-16(20)15(10-14)11-19-9-3-7-17(13-19)6-2-8-18-12-17/h4-5,10,18,20H,2-3,6-9,11-13H2,1H3. The molecule has 2 N–H and O–H groups in total. The van der Waals surface area contributed by atoms with E-state index in [4.69, 9.17) is 0 Å². The van der Waals surface area contributed by atoms with Gasteiger partial charge in [0.1, 0.15) is 5.75 Å². The van der Waals surface area contributed by atoms with E-state index in [0.717, 1.165) is 18.7 Å². The van der Waals surface area contributed by atoms with Gasteiger partial charge in [-0.2, -0.15) is 0 Å². The van der Waals surface area contributed by atoms with Crippen LogP contribution in [0.4, 0.5) is 0 Å². The van der Waals surface area contributed by atoms with Crippen LogP contribution in [0.2, 0.25) is 0 Å². The van der Waals surface area contributed by atoms with E-state index in [9.17, 15) is 5.11 Å². The van der Waals surface area contributed by atoms with E-state index in [2.05, 4.69) is 23.2 Å². The van der Waals surface area contributed by atoms with Gasteiger partial charge >= 0.3 is 0 Å². The minimum absolute atomic E-state index is 0.442. The van der Waals surface area contributed by atoms with Gasteiger partial charge in [-0.15, -0.1) is 0 Å². The van der Waals surface area contributed by atoms with Crippen LogP contribution in [0, 0.1) is 12.3 Å². The predicted molar refractivity (Wildman–Crippen MR) is 81.9 cm³/mol. The van der Waals surface area contributed by atoms with Crippen molar-refractivity contribution < 1.29 is 5.11 Å². The Morgan fingerprint density at radius 1 is 1.30 bits per heavy atom. The predicted octanol–water partition coefficient (Wildman–Crippen LogP) is 2.67. The number of phenols is 1. The van der Waals surface area contributed by atoms with Crippen molar-refractivity contribution in [2.24, 2.45) is 5.41 Å². The van der Waals surface area contributed by atoms with Crippen molar-refractivity contribution in [3.05, 3.63) is 29.3 Å². The third kappa shape index (κ3) is 2.99. The van der Waals surface area contributed by atoms with Crippen LogP contribution in [-0.4, -0.2) is 36.2 Å². The van der Waals surface area contributed by atoms with Gasteiger partial charge in [0.15, 0.2) is 0 Å². The maximum Gasteiger partial charge on any atom is 0.120 e. The highest BCUT2D eigenvalue weighted by atomic mass is 16.3. The summed E-state index contributed by atoms with van der Waals surface area (Å²) in [5.41, 5.74) is 2.78. The van der Waals surface area contributed by atoms with Crippen LogP contribution >= 0.6 is 0 Å². The smallest absolute Gasteiger partial charge is 0.120 e. The second-order valence-electron chi connectivity index (χ2n) is 6.73. The number of nitrogens with one attached hydrogen (secondary N) is 1. The number of likely N-dealkylation sites (tertiary alicyclic amines) is 1. The molecule has 1 aromatic carbocycles. The molecule has 2 saturated heterocycles. The summed E-state index contributed by atoms with van der Waals surface area (Å²) in [6.45, 7) is 7.66. The number of hydrogen-bond acceptors (Lipinski definition) is 3. The maximum atomic E-state index is 10.0. The summed E-state index contributed by atoms with van der Waals surface area (Å²) in [6, 6.07) is 5.92. The number of nitrogens with zero attached hydrogens (tertiary/aromatic N) is 1. The Hall–Kier alpha value is -1.06. The van der Waals surface area contributed by atoms with Crippen molar-refractivity contribution in [1.29, 1.82) is 0 Å². The monoisotopic (exact) mass is 274 g/mol. The fourth-order valence-corrected chi connectivity index (χ4v) is 3.91. The Labute approximate surface area is 122 Å². The van der Waals surface area contributed by atoms with Gasteiger partial charge in [-0.25, -0.2) is 0 Å². The molecule has 0 amide bonds. The van der Waals surface area contributed by atoms with Crippen LogP contribution in [0.15, 0.2) is 18.2 Å². The van der Waals surface area contributed by atoms with E-state index >= 15 is 0 Å². The molecule has 3 rings (SSSR count). The molecule has 2 fully saturated rings. The third-order valence-corrected chi connectivity index (χ3v) is 4.93. The molecule has 1 aromatic rings. The lowest BCUT2D eigenvalue weighted by Crippen LogP contribution is -2.50. The van der Waals surface area contributed by atoms with Gasteiger partial charge in [-0.3, -0.25) is 4.90 Å². The van der Waals surface area contributed by atoms with Crippen LogP contribution in [0.3, 0.4) is 0 Å². The zero-order valence-corrected chi connectivity index (χ0v) is 12.5. The molecule has 0 saturated carbocycles. The highest BCUT2D eigenvalue weighted by Crippen LogP contribution is 2.36. The molecule has 2 aliphatic heterocycles. The molecule has 0 aromatic heterocycles. The molecular formula is C17H26N2O. The van der Waals surface area contributed by atoms with Crippen LogP contribution in [0.25, 0.3) is 0 Å². The largest absolute Gasteiger partial charge is 0.508 e. The first-order valence-corrected chi connectivity index (χ1v) is 7.89. The van der Waals surface area contributed by atoms with Crippen LogP contribution < -0.4 is 5.32 Å². The molecule has 1 unspecified atom stereocenters. The molecule has 3 nitrogen and oxygen atoms in total. The van der Waals surface area contributed by atoms with Crippen molar-refractivity contribution in [3.63, 3.8) is 0 Å². The zero-order chi connectivity index (χ0) is 14.0. The van der Waals surface area contributed by atoms with Crippen molar-refractivity contribution >= 4 is 0 Å². The first kappa shape index (κ1) is 13.9. The molecule has 20 heavy (non-hydrogen) atoms. The summed E-state index contributed by atoms with van der Waals surface area (Å²) in [6.07, 6.45) is 5.31. The summed E-state index contributed by atoms with van der Waals surface area (Å²) >= 11 is 0. The Kier molecular flexibility index (Phi) is 3.99. The number of aromatic hydroxyl groups is 1. The van der Waals surface area contributed by atoms with Crippen molar-refractivity contribution in [2.75, 3.05) is 26.2 Å². The lowest BCUT2D eigenvalue weighted by Gasteiger charge is -2.45. The fourth-order valence-electron chi connectivity index (χ4n) is 3.91. The Bertz CT molecular complexity index is 461. The van der Waals surface area contributed by atoms with E-state index < -0.39 is 0 Å². The van der Waals surface area contributed by atoms with E-state index in [1.54, 1.807) is 0 Å². The third-order valence-electron chi connectivity index (χ3n) is 4.93. The van der Waals surface area contributed by atoms with E-state index in [0.29, 0.717) is 11.2 Å². The summed E-state index contributed by atoms with van der Waals surface area (Å²) in [5, 5.41) is 13.6. The van der Waals surface area contributed by atoms with Crippen molar-refractivity contribution in [2.45, 2.75) is 39.2 Å². The van der Waals surface area contributed by atoms with Gasteiger partial charge in [-0.1, -0.05) is 17.7 Å². The van der Waals surface area contributed by atoms with Gasteiger partial charge in [0.25, 0.3) is 0 Å². The molecule has 1 atom stereocenters. The van der Waals surface area contributed by atoms with Crippen LogP contribution in [0.1, 0.15) is 36.8 Å². The summed E-state index contributed by atoms with van der Waals surface area (Å²) < 4.78 is 0. The quantitative estimate of drug-likeness (QED) is 0.870. The number of hydrogen-bond donors (Lipinski definition) is 2. The lowest BCUT2D eigenvalue weighted by atomic mass is 9.74. The number of benzene rings is 1. The van der Waals surface area contributed by atoms with Gasteiger partial charge in [0.05, 0.1) is 0 Å². The average Bonchev–Trinajstić information content (AvgIpc) is 2.44. The lowest BCUT2D eigenvalue weighted by molar-refractivity contribution is 0.0596. The highest BCUT2D eigenvalue weighted by molar-refractivity contribution is 5.35. The van der Waals surface area contributed by atoms with Gasteiger partial charge in [0, 0.05) is 25.2 Å².